The smallest absolute Gasteiger partial charge is 0.0553 e. The third-order valence-electron chi connectivity index (χ3n) is 4.02. The maximum Gasteiger partial charge on any atom is 0.0553 e. The lowest BCUT2D eigenvalue weighted by Crippen LogP contribution is -2.30. The molecule has 100 valence electrons. The molecule has 0 spiro atoms. The van der Waals surface area contributed by atoms with Crippen LogP contribution in [0.4, 0.5) is 0 Å². The predicted octanol–water partition coefficient (Wildman–Crippen LogP) is 3.48. The van der Waals surface area contributed by atoms with E-state index in [1.807, 2.05) is 0 Å². The van der Waals surface area contributed by atoms with Crippen LogP contribution >= 0.6 is 11.8 Å². The number of rotatable bonds is 5. The lowest BCUT2D eigenvalue weighted by atomic mass is 9.99. The predicted molar refractivity (Wildman–Crippen MR) is 80.7 cm³/mol. The zero-order valence-corrected chi connectivity index (χ0v) is 12.2. The van der Waals surface area contributed by atoms with Gasteiger partial charge in [0.05, 0.1) is 6.04 Å². The van der Waals surface area contributed by atoms with Gasteiger partial charge in [0, 0.05) is 11.0 Å². The minimum Gasteiger partial charge on any atom is -0.271 e. The van der Waals surface area contributed by atoms with Crippen molar-refractivity contribution in [3.63, 3.8) is 0 Å². The topological polar surface area (TPSA) is 38.0 Å². The number of thioether (sulfide) groups is 1. The lowest BCUT2D eigenvalue weighted by molar-refractivity contribution is 0.606. The Morgan fingerprint density at radius 1 is 1.33 bits per heavy atom. The Labute approximate surface area is 115 Å². The van der Waals surface area contributed by atoms with Gasteiger partial charge in [-0.25, -0.2) is 0 Å². The molecule has 0 saturated heterocycles. The van der Waals surface area contributed by atoms with Gasteiger partial charge in [-0.2, -0.15) is 11.8 Å². The Bertz CT molecular complexity index is 386. The Morgan fingerprint density at radius 2 is 2.06 bits per heavy atom. The molecule has 2 nitrogen and oxygen atoms in total. The molecule has 1 aliphatic carbocycles. The molecule has 18 heavy (non-hydrogen) atoms. The van der Waals surface area contributed by atoms with Crippen molar-refractivity contribution < 1.29 is 0 Å². The van der Waals surface area contributed by atoms with Crippen molar-refractivity contribution in [2.45, 2.75) is 50.8 Å². The number of benzene rings is 1. The van der Waals surface area contributed by atoms with E-state index in [0.717, 1.165) is 11.0 Å². The summed E-state index contributed by atoms with van der Waals surface area (Å²) in [5.74, 6) is 6.82. The molecule has 0 amide bonds. The summed E-state index contributed by atoms with van der Waals surface area (Å²) in [5.41, 5.74) is 7.05. The molecule has 1 fully saturated rings. The number of hydrogen-bond acceptors (Lipinski definition) is 3. The molecule has 0 aliphatic heterocycles. The van der Waals surface area contributed by atoms with E-state index in [9.17, 15) is 0 Å². The van der Waals surface area contributed by atoms with Gasteiger partial charge in [-0.3, -0.25) is 11.3 Å². The fourth-order valence-corrected chi connectivity index (χ4v) is 4.07. The van der Waals surface area contributed by atoms with Crippen molar-refractivity contribution >= 4 is 11.8 Å². The van der Waals surface area contributed by atoms with Crippen LogP contribution in [0.3, 0.4) is 0 Å². The van der Waals surface area contributed by atoms with Gasteiger partial charge in [-0.1, -0.05) is 31.0 Å². The molecule has 1 atom stereocenters. The van der Waals surface area contributed by atoms with Crippen LogP contribution in [-0.2, 0) is 0 Å². The highest BCUT2D eigenvalue weighted by molar-refractivity contribution is 7.99. The van der Waals surface area contributed by atoms with Crippen molar-refractivity contribution in [2.75, 3.05) is 5.75 Å². The first-order valence-corrected chi connectivity index (χ1v) is 7.91. The van der Waals surface area contributed by atoms with Crippen molar-refractivity contribution in [2.24, 2.45) is 5.84 Å². The summed E-state index contributed by atoms with van der Waals surface area (Å²) in [6.45, 7) is 4.35. The van der Waals surface area contributed by atoms with E-state index in [0.29, 0.717) is 0 Å². The van der Waals surface area contributed by atoms with Gasteiger partial charge in [0.15, 0.2) is 0 Å². The second-order valence-electron chi connectivity index (χ2n) is 5.25. The SMILES string of the molecule is Cc1cccc(C(CSC2CCCC2)NN)c1C. The summed E-state index contributed by atoms with van der Waals surface area (Å²) in [7, 11) is 0. The third-order valence-corrected chi connectivity index (χ3v) is 5.49. The minimum atomic E-state index is 0.274. The van der Waals surface area contributed by atoms with Crippen LogP contribution in [0.2, 0.25) is 0 Å². The number of nitrogens with one attached hydrogen (secondary N) is 1. The summed E-state index contributed by atoms with van der Waals surface area (Å²) < 4.78 is 0. The first-order valence-electron chi connectivity index (χ1n) is 6.86. The molecular formula is C15H24N2S. The molecule has 1 aromatic rings. The van der Waals surface area contributed by atoms with Gasteiger partial charge in [0.2, 0.25) is 0 Å². The molecule has 3 N–H and O–H groups in total. The van der Waals surface area contributed by atoms with Crippen molar-refractivity contribution in [3.05, 3.63) is 34.9 Å². The summed E-state index contributed by atoms with van der Waals surface area (Å²) in [5, 5.41) is 0.853. The molecule has 1 aromatic carbocycles. The Hall–Kier alpha value is -0.510. The Morgan fingerprint density at radius 3 is 2.72 bits per heavy atom. The standard InChI is InChI=1S/C15H24N2S/c1-11-6-5-9-14(12(11)2)15(17-16)10-18-13-7-3-4-8-13/h5-6,9,13,15,17H,3-4,7-8,10,16H2,1-2H3. The monoisotopic (exact) mass is 264 g/mol. The second-order valence-corrected chi connectivity index (χ2v) is 6.58. The quantitative estimate of drug-likeness (QED) is 0.631. The van der Waals surface area contributed by atoms with E-state index in [4.69, 9.17) is 5.84 Å². The lowest BCUT2D eigenvalue weighted by Gasteiger charge is -2.21. The molecule has 0 heterocycles. The molecule has 1 unspecified atom stereocenters. The van der Waals surface area contributed by atoms with Gasteiger partial charge in [0.1, 0.15) is 0 Å². The van der Waals surface area contributed by atoms with E-state index in [2.05, 4.69) is 49.2 Å². The highest BCUT2D eigenvalue weighted by Crippen LogP contribution is 2.32. The Balaban J connectivity index is 2.00. The van der Waals surface area contributed by atoms with Crippen LogP contribution in [0.15, 0.2) is 18.2 Å². The zero-order valence-electron chi connectivity index (χ0n) is 11.4. The number of nitrogens with two attached hydrogens (primary N) is 1. The van der Waals surface area contributed by atoms with Crippen LogP contribution in [0.1, 0.15) is 48.4 Å². The molecule has 3 heteroatoms. The summed E-state index contributed by atoms with van der Waals surface area (Å²) in [6, 6.07) is 6.76. The van der Waals surface area contributed by atoms with Crippen molar-refractivity contribution in [1.29, 1.82) is 0 Å². The molecule has 2 rings (SSSR count). The molecule has 0 bridgehead atoms. The van der Waals surface area contributed by atoms with E-state index < -0.39 is 0 Å². The average Bonchev–Trinajstić information content (AvgIpc) is 2.88. The largest absolute Gasteiger partial charge is 0.271 e. The van der Waals surface area contributed by atoms with Crippen LogP contribution in [0, 0.1) is 13.8 Å². The number of aryl methyl sites for hydroxylation is 1. The summed E-state index contributed by atoms with van der Waals surface area (Å²) >= 11 is 2.08. The van der Waals surface area contributed by atoms with E-state index in [-0.39, 0.29) is 6.04 Å². The Kier molecular flexibility index (Phi) is 5.10. The average molecular weight is 264 g/mol. The van der Waals surface area contributed by atoms with E-state index >= 15 is 0 Å². The van der Waals surface area contributed by atoms with Crippen LogP contribution in [-0.4, -0.2) is 11.0 Å². The second kappa shape index (κ2) is 6.60. The van der Waals surface area contributed by atoms with Gasteiger partial charge >= 0.3 is 0 Å². The fraction of sp³-hybridized carbons (Fsp3) is 0.600. The highest BCUT2D eigenvalue weighted by Gasteiger charge is 2.19. The minimum absolute atomic E-state index is 0.274. The number of hydrogen-bond donors (Lipinski definition) is 2. The molecular weight excluding hydrogens is 240 g/mol. The normalized spacial score (nSPS) is 18.2. The number of hydrazine groups is 1. The first kappa shape index (κ1) is 13.9. The van der Waals surface area contributed by atoms with Crippen molar-refractivity contribution in [3.8, 4) is 0 Å². The maximum absolute atomic E-state index is 5.75. The van der Waals surface area contributed by atoms with Crippen LogP contribution < -0.4 is 11.3 Å². The molecule has 1 saturated carbocycles. The van der Waals surface area contributed by atoms with E-state index in [1.165, 1.54) is 42.4 Å². The molecule has 0 radical (unpaired) electrons. The summed E-state index contributed by atoms with van der Waals surface area (Å²) in [6.07, 6.45) is 5.58. The third kappa shape index (κ3) is 3.28. The molecule has 0 aromatic heterocycles. The fourth-order valence-electron chi connectivity index (χ4n) is 2.67. The van der Waals surface area contributed by atoms with Gasteiger partial charge < -0.3 is 0 Å². The maximum atomic E-state index is 5.75. The molecule has 1 aliphatic rings. The van der Waals surface area contributed by atoms with Crippen molar-refractivity contribution in [1.82, 2.24) is 5.43 Å². The van der Waals surface area contributed by atoms with E-state index in [1.54, 1.807) is 0 Å². The zero-order chi connectivity index (χ0) is 13.0. The van der Waals surface area contributed by atoms with Gasteiger partial charge in [-0.05, 0) is 43.4 Å². The van der Waals surface area contributed by atoms with Crippen LogP contribution in [0.25, 0.3) is 0 Å². The first-order chi connectivity index (χ1) is 8.72. The van der Waals surface area contributed by atoms with Crippen LogP contribution in [0.5, 0.6) is 0 Å². The highest BCUT2D eigenvalue weighted by atomic mass is 32.2. The van der Waals surface area contributed by atoms with Gasteiger partial charge in [0.25, 0.3) is 0 Å². The summed E-state index contributed by atoms with van der Waals surface area (Å²) in [4.78, 5) is 0. The van der Waals surface area contributed by atoms with Gasteiger partial charge in [-0.15, -0.1) is 0 Å².